The van der Waals surface area contributed by atoms with Crippen molar-refractivity contribution >= 4 is 42.2 Å². The molecule has 0 aromatic rings. The molecule has 0 rings (SSSR count). The van der Waals surface area contributed by atoms with Gasteiger partial charge in [-0.25, -0.2) is 4.79 Å². The smallest absolute Gasteiger partial charge is 0.326 e. The number of rotatable bonds is 13. The van der Waals surface area contributed by atoms with E-state index in [1.165, 1.54) is 6.92 Å². The van der Waals surface area contributed by atoms with E-state index in [0.29, 0.717) is 6.42 Å². The van der Waals surface area contributed by atoms with Gasteiger partial charge < -0.3 is 37.6 Å². The number of thiol groups is 1. The number of aliphatic hydroxyl groups is 1. The maximum absolute atomic E-state index is 12.5. The minimum atomic E-state index is -1.52. The summed E-state index contributed by atoms with van der Waals surface area (Å²) in [4.78, 5) is 59.8. The van der Waals surface area contributed by atoms with Crippen molar-refractivity contribution in [2.45, 2.75) is 63.9 Å². The molecule has 0 aliphatic carbocycles. The fraction of sp³-hybridized carbons (Fsp3) is 0.706. The van der Waals surface area contributed by atoms with Crippen LogP contribution >= 0.6 is 12.6 Å². The summed E-state index contributed by atoms with van der Waals surface area (Å²) in [6.45, 7) is 4.58. The highest BCUT2D eigenvalue weighted by Crippen LogP contribution is 2.09. The summed E-state index contributed by atoms with van der Waals surface area (Å²) in [5.74, 6) is -5.34. The van der Waals surface area contributed by atoms with Gasteiger partial charge in [-0.05, 0) is 12.8 Å². The Bertz CT molecular complexity index is 646. The molecule has 0 aliphatic heterocycles. The van der Waals surface area contributed by atoms with E-state index in [-0.39, 0.29) is 5.75 Å². The Labute approximate surface area is 179 Å². The number of nitrogens with two attached hydrogens (primary N) is 2. The van der Waals surface area contributed by atoms with Crippen LogP contribution in [0.2, 0.25) is 0 Å². The van der Waals surface area contributed by atoms with Crippen LogP contribution in [0, 0.1) is 5.92 Å². The molecule has 0 spiro atoms. The Morgan fingerprint density at radius 3 is 1.90 bits per heavy atom. The number of hydrogen-bond donors (Lipinski definition) is 8. The molecule has 0 heterocycles. The molecule has 9 N–H and O–H groups in total. The molecule has 12 nitrogen and oxygen atoms in total. The van der Waals surface area contributed by atoms with Crippen molar-refractivity contribution in [2.75, 3.05) is 5.75 Å². The quantitative estimate of drug-likeness (QED) is 0.136. The number of hydrogen-bond acceptors (Lipinski definition) is 8. The molecule has 6 atom stereocenters. The zero-order valence-corrected chi connectivity index (χ0v) is 18.0. The molecule has 0 saturated heterocycles. The van der Waals surface area contributed by atoms with E-state index >= 15 is 0 Å². The van der Waals surface area contributed by atoms with Crippen molar-refractivity contribution in [3.05, 3.63) is 0 Å². The predicted molar refractivity (Wildman–Crippen MR) is 110 cm³/mol. The lowest BCUT2D eigenvalue weighted by Crippen LogP contribution is -2.60. The normalized spacial score (nSPS) is 16.9. The largest absolute Gasteiger partial charge is 0.480 e. The van der Waals surface area contributed by atoms with Gasteiger partial charge in [-0.3, -0.25) is 19.2 Å². The van der Waals surface area contributed by atoms with Gasteiger partial charge >= 0.3 is 5.97 Å². The van der Waals surface area contributed by atoms with Gasteiger partial charge in [0, 0.05) is 5.75 Å². The second-order valence-corrected chi connectivity index (χ2v) is 7.32. The molecule has 4 amide bonds. The van der Waals surface area contributed by atoms with Gasteiger partial charge in [0.15, 0.2) is 0 Å². The van der Waals surface area contributed by atoms with Gasteiger partial charge in [-0.1, -0.05) is 20.3 Å². The number of carbonyl (C=O) groups excluding carboxylic acids is 4. The molecule has 0 saturated carbocycles. The summed E-state index contributed by atoms with van der Waals surface area (Å²) in [6.07, 6.45) is -1.54. The fourth-order valence-electron chi connectivity index (χ4n) is 2.36. The van der Waals surface area contributed by atoms with Crippen molar-refractivity contribution in [3.63, 3.8) is 0 Å². The van der Waals surface area contributed by atoms with Crippen LogP contribution in [-0.2, 0) is 24.0 Å². The third-order valence-electron chi connectivity index (χ3n) is 4.41. The van der Waals surface area contributed by atoms with Crippen LogP contribution in [0.5, 0.6) is 0 Å². The first-order valence-electron chi connectivity index (χ1n) is 9.32. The van der Waals surface area contributed by atoms with Crippen LogP contribution in [0.4, 0.5) is 0 Å². The summed E-state index contributed by atoms with van der Waals surface area (Å²) >= 11 is 3.87. The second kappa shape index (κ2) is 13.0. The average Bonchev–Trinajstić information content (AvgIpc) is 2.66. The number of amides is 4. The molecule has 0 aromatic carbocycles. The van der Waals surface area contributed by atoms with E-state index in [4.69, 9.17) is 11.5 Å². The summed E-state index contributed by atoms with van der Waals surface area (Å²) in [5, 5.41) is 25.9. The van der Waals surface area contributed by atoms with E-state index in [0.717, 1.165) is 0 Å². The maximum Gasteiger partial charge on any atom is 0.326 e. The molecule has 0 aromatic heterocycles. The zero-order valence-electron chi connectivity index (χ0n) is 17.1. The molecule has 0 fully saturated rings. The van der Waals surface area contributed by atoms with Gasteiger partial charge in [-0.15, -0.1) is 0 Å². The monoisotopic (exact) mass is 449 g/mol. The number of carboxylic acids is 1. The summed E-state index contributed by atoms with van der Waals surface area (Å²) in [6, 6.07) is -5.30. The zero-order chi connectivity index (χ0) is 23.6. The van der Waals surface area contributed by atoms with E-state index in [1.807, 2.05) is 0 Å². The summed E-state index contributed by atoms with van der Waals surface area (Å²) in [5.41, 5.74) is 10.6. The summed E-state index contributed by atoms with van der Waals surface area (Å²) in [7, 11) is 0. The van der Waals surface area contributed by atoms with Crippen molar-refractivity contribution in [2.24, 2.45) is 17.4 Å². The van der Waals surface area contributed by atoms with Gasteiger partial charge in [0.2, 0.25) is 23.6 Å². The molecule has 6 unspecified atom stereocenters. The van der Waals surface area contributed by atoms with Crippen LogP contribution in [0.1, 0.15) is 33.6 Å². The SMILES string of the molecule is CCC(C)C(NC(=O)C(CC(N)=O)NC(=O)C(NC(=O)C(N)CS)C(C)O)C(=O)O. The Hall–Kier alpha value is -2.38. The molecular formula is C17H31N5O7S. The van der Waals surface area contributed by atoms with Crippen molar-refractivity contribution < 1.29 is 34.2 Å². The minimum Gasteiger partial charge on any atom is -0.480 e. The van der Waals surface area contributed by atoms with Gasteiger partial charge in [-0.2, -0.15) is 12.6 Å². The standard InChI is InChI=1S/C17H31N5O7S/c1-4-7(2)12(17(28)29)21-15(26)10(5-11(19)24)20-16(27)13(8(3)23)22-14(25)9(18)6-30/h7-10,12-13,23,30H,4-6,18H2,1-3H3,(H2,19,24)(H,20,27)(H,21,26)(H,22,25)(H,28,29). The minimum absolute atomic E-state index is 0.0150. The van der Waals surface area contributed by atoms with Crippen molar-refractivity contribution in [1.82, 2.24) is 16.0 Å². The molecule has 0 bridgehead atoms. The van der Waals surface area contributed by atoms with Crippen molar-refractivity contribution in [3.8, 4) is 0 Å². The number of carbonyl (C=O) groups is 5. The van der Waals surface area contributed by atoms with Crippen LogP contribution in [0.3, 0.4) is 0 Å². The molecule has 30 heavy (non-hydrogen) atoms. The van der Waals surface area contributed by atoms with Crippen molar-refractivity contribution in [1.29, 1.82) is 0 Å². The second-order valence-electron chi connectivity index (χ2n) is 6.96. The summed E-state index contributed by atoms with van der Waals surface area (Å²) < 4.78 is 0. The lowest BCUT2D eigenvalue weighted by molar-refractivity contribution is -0.144. The van der Waals surface area contributed by atoms with Gasteiger partial charge in [0.1, 0.15) is 18.1 Å². The van der Waals surface area contributed by atoms with E-state index < -0.39 is 72.2 Å². The Morgan fingerprint density at radius 2 is 1.50 bits per heavy atom. The van der Waals surface area contributed by atoms with E-state index in [9.17, 15) is 34.2 Å². The van der Waals surface area contributed by atoms with Crippen LogP contribution in [0.25, 0.3) is 0 Å². The topological polar surface area (TPSA) is 214 Å². The molecular weight excluding hydrogens is 418 g/mol. The maximum atomic E-state index is 12.5. The first-order valence-corrected chi connectivity index (χ1v) is 9.95. The molecule has 172 valence electrons. The number of carboxylic acid groups (broad SMARTS) is 1. The molecule has 13 heteroatoms. The van der Waals surface area contributed by atoms with E-state index in [1.54, 1.807) is 13.8 Å². The highest BCUT2D eigenvalue weighted by molar-refractivity contribution is 7.80. The van der Waals surface area contributed by atoms with Gasteiger partial charge in [0.05, 0.1) is 18.6 Å². The highest BCUT2D eigenvalue weighted by Gasteiger charge is 2.34. The van der Waals surface area contributed by atoms with E-state index in [2.05, 4.69) is 28.6 Å². The van der Waals surface area contributed by atoms with Gasteiger partial charge in [0.25, 0.3) is 0 Å². The van der Waals surface area contributed by atoms with Crippen LogP contribution in [-0.4, -0.2) is 75.8 Å². The number of nitrogens with one attached hydrogen (secondary N) is 3. The predicted octanol–water partition coefficient (Wildman–Crippen LogP) is -2.92. The highest BCUT2D eigenvalue weighted by atomic mass is 32.1. The first-order chi connectivity index (χ1) is 13.8. The average molecular weight is 450 g/mol. The number of primary amides is 1. The third-order valence-corrected chi connectivity index (χ3v) is 4.80. The Morgan fingerprint density at radius 1 is 0.967 bits per heavy atom. The molecule has 0 aliphatic rings. The molecule has 0 radical (unpaired) electrons. The lowest BCUT2D eigenvalue weighted by Gasteiger charge is -2.27. The first kappa shape index (κ1) is 27.6. The third kappa shape index (κ3) is 8.97. The van der Waals surface area contributed by atoms with Crippen LogP contribution < -0.4 is 27.4 Å². The number of aliphatic carboxylic acids is 1. The van der Waals surface area contributed by atoms with Crippen LogP contribution in [0.15, 0.2) is 0 Å². The fourth-order valence-corrected chi connectivity index (χ4v) is 2.52. The Kier molecular flexibility index (Phi) is 12.0. The Balaban J connectivity index is 5.48. The number of aliphatic hydroxyl groups excluding tert-OH is 1. The lowest BCUT2D eigenvalue weighted by atomic mass is 9.98.